The van der Waals surface area contributed by atoms with Gasteiger partial charge in [-0.1, -0.05) is 73.9 Å². The third-order valence-electron chi connectivity index (χ3n) is 8.74. The molecule has 7 N–H and O–H groups in total. The Morgan fingerprint density at radius 2 is 1.82 bits per heavy atom. The van der Waals surface area contributed by atoms with Gasteiger partial charge in [-0.2, -0.15) is 8.78 Å². The second-order valence-electron chi connectivity index (χ2n) is 12.4. The maximum Gasteiger partial charge on any atom is 0.284 e. The number of phenols is 1. The van der Waals surface area contributed by atoms with Crippen molar-refractivity contribution in [2.24, 2.45) is 16.9 Å². The van der Waals surface area contributed by atoms with Crippen molar-refractivity contribution in [3.05, 3.63) is 57.9 Å². The van der Waals surface area contributed by atoms with Crippen molar-refractivity contribution in [2.75, 3.05) is 26.2 Å². The minimum atomic E-state index is -3.11. The molecule has 3 atom stereocenters. The van der Waals surface area contributed by atoms with Crippen molar-refractivity contribution >= 4 is 14.9 Å². The molecule has 1 aliphatic heterocycles. The van der Waals surface area contributed by atoms with Crippen LogP contribution in [0, 0.1) is 5.41 Å². The van der Waals surface area contributed by atoms with Crippen molar-refractivity contribution in [3.8, 4) is 5.75 Å². The van der Waals surface area contributed by atoms with Crippen LogP contribution in [-0.4, -0.2) is 47.4 Å². The van der Waals surface area contributed by atoms with E-state index < -0.39 is 5.66 Å². The van der Waals surface area contributed by atoms with E-state index in [4.69, 9.17) is 16.6 Å². The third kappa shape index (κ3) is 13.1. The normalized spacial score (nSPS) is 19.3. The van der Waals surface area contributed by atoms with Gasteiger partial charge in [0, 0.05) is 42.6 Å². The molecule has 1 heterocycles. The van der Waals surface area contributed by atoms with Crippen LogP contribution in [-0.2, 0) is 5.66 Å². The summed E-state index contributed by atoms with van der Waals surface area (Å²) in [6, 6.07) is 3.94. The number of rotatable bonds is 12. The number of aromatic hydroxyl groups is 1. The molecule has 9 heteroatoms. The molecule has 0 amide bonds. The molecule has 2 unspecified atom stereocenters. The zero-order chi connectivity index (χ0) is 33.5. The SMILES string of the molecule is CC.CC(CN1CCC[C@@H](N/C(N)=C/C(C)=C(\N)c2ccc(C(F)(F)P)cc2O)C1)=C1CCC1.CCCCC(C)(CC)CO. The number of nitrogens with two attached hydrogens (primary N) is 2. The quantitative estimate of drug-likeness (QED) is 0.0903. The summed E-state index contributed by atoms with van der Waals surface area (Å²) < 4.78 is 26.9. The number of aliphatic hydroxyl groups is 1. The van der Waals surface area contributed by atoms with Gasteiger partial charge in [-0.25, -0.2) is 0 Å². The van der Waals surface area contributed by atoms with Crippen LogP contribution in [0.2, 0.25) is 0 Å². The van der Waals surface area contributed by atoms with E-state index in [9.17, 15) is 13.9 Å². The zero-order valence-corrected chi connectivity index (χ0v) is 29.6. The summed E-state index contributed by atoms with van der Waals surface area (Å²) in [6.45, 7) is 17.9. The molecular weight excluding hydrogens is 577 g/mol. The van der Waals surface area contributed by atoms with Crippen molar-refractivity contribution < 1.29 is 19.0 Å². The highest BCUT2D eigenvalue weighted by atomic mass is 31.0. The van der Waals surface area contributed by atoms with Gasteiger partial charge in [0.25, 0.3) is 5.66 Å². The summed E-state index contributed by atoms with van der Waals surface area (Å²) >= 11 is 0. The number of hydrogen-bond acceptors (Lipinski definition) is 6. The predicted molar refractivity (Wildman–Crippen MR) is 186 cm³/mol. The molecule has 1 aromatic carbocycles. The minimum absolute atomic E-state index is 0.190. The Morgan fingerprint density at radius 3 is 2.32 bits per heavy atom. The lowest BCUT2D eigenvalue weighted by Gasteiger charge is -2.35. The number of allylic oxidation sites excluding steroid dienone is 3. The van der Waals surface area contributed by atoms with E-state index in [1.54, 1.807) is 18.6 Å². The fourth-order valence-electron chi connectivity index (χ4n) is 5.28. The zero-order valence-electron chi connectivity index (χ0n) is 28.4. The Bertz CT molecular complexity index is 1100. The first-order chi connectivity index (χ1) is 20.7. The molecule has 44 heavy (non-hydrogen) atoms. The van der Waals surface area contributed by atoms with E-state index in [1.165, 1.54) is 59.0 Å². The van der Waals surface area contributed by atoms with Crippen molar-refractivity contribution in [2.45, 2.75) is 118 Å². The molecule has 0 spiro atoms. The van der Waals surface area contributed by atoms with Gasteiger partial charge < -0.3 is 27.0 Å². The highest BCUT2D eigenvalue weighted by molar-refractivity contribution is 7.17. The number of halogens is 2. The number of hydrogen-bond donors (Lipinski definition) is 5. The number of phenolic OH excluding ortho intramolecular Hbond substituents is 1. The van der Waals surface area contributed by atoms with E-state index in [1.807, 2.05) is 13.8 Å². The van der Waals surface area contributed by atoms with E-state index in [0.29, 0.717) is 29.3 Å². The number of likely N-dealkylation sites (tertiary alicyclic amines) is 1. The molecule has 2 aliphatic rings. The number of benzene rings is 1. The lowest BCUT2D eigenvalue weighted by Crippen LogP contribution is -2.47. The van der Waals surface area contributed by atoms with E-state index in [-0.39, 0.29) is 22.8 Å². The van der Waals surface area contributed by atoms with E-state index in [0.717, 1.165) is 51.4 Å². The molecule has 0 bridgehead atoms. The highest BCUT2D eigenvalue weighted by Gasteiger charge is 2.26. The lowest BCUT2D eigenvalue weighted by molar-refractivity contribution is 0.103. The maximum atomic E-state index is 13.4. The van der Waals surface area contributed by atoms with Crippen molar-refractivity contribution in [1.29, 1.82) is 0 Å². The highest BCUT2D eigenvalue weighted by Crippen LogP contribution is 2.38. The predicted octanol–water partition coefficient (Wildman–Crippen LogP) is 7.97. The molecule has 1 saturated heterocycles. The standard InChI is InChI=1S/C24H35F2N4OP.C9H20O.C2H6/c1-15(23(28)20-9-8-18(12-21(20)31)24(25,26)32)11-22(27)29-19-7-4-10-30(14-19)13-16(2)17-5-3-6-17;1-4-6-7-9(3,5-2)8-10;1-2/h8-9,11-12,19,29,31H,3-7,10,13-14,27-28,32H2,1-2H3;10H,4-8H2,1-3H3;1-2H3/b22-11+,23-15-;;/t19-;;/m1../s1. The molecule has 3 rings (SSSR count). The molecule has 252 valence electrons. The summed E-state index contributed by atoms with van der Waals surface area (Å²) in [7, 11) is 1.46. The summed E-state index contributed by atoms with van der Waals surface area (Å²) in [5.74, 6) is 0.208. The molecule has 6 nitrogen and oxygen atoms in total. The van der Waals surface area contributed by atoms with Crippen LogP contribution in [0.25, 0.3) is 5.70 Å². The van der Waals surface area contributed by atoms with Gasteiger partial charge in [-0.05, 0) is 94.5 Å². The Hall–Kier alpha value is -2.15. The molecule has 2 fully saturated rings. The van der Waals surface area contributed by atoms with Crippen LogP contribution in [0.5, 0.6) is 5.75 Å². The van der Waals surface area contributed by atoms with Gasteiger partial charge in [0.15, 0.2) is 0 Å². The number of aliphatic hydroxyl groups excluding tert-OH is 1. The van der Waals surface area contributed by atoms with Gasteiger partial charge in [-0.15, -0.1) is 0 Å². The summed E-state index contributed by atoms with van der Waals surface area (Å²) in [6.07, 6.45) is 12.4. The number of piperidine rings is 1. The molecule has 1 aliphatic carbocycles. The number of unbranched alkanes of at least 4 members (excludes halogenated alkanes) is 1. The maximum absolute atomic E-state index is 13.4. The molecule has 0 radical (unpaired) electrons. The minimum Gasteiger partial charge on any atom is -0.507 e. The Morgan fingerprint density at radius 1 is 1.16 bits per heavy atom. The van der Waals surface area contributed by atoms with Gasteiger partial charge in [0.2, 0.25) is 0 Å². The fourth-order valence-corrected chi connectivity index (χ4v) is 5.46. The van der Waals surface area contributed by atoms with Crippen LogP contribution in [0.15, 0.2) is 46.8 Å². The average molecular weight is 639 g/mol. The lowest BCUT2D eigenvalue weighted by atomic mass is 9.83. The summed E-state index contributed by atoms with van der Waals surface area (Å²) in [5.41, 5.74) is 13.6. The first-order valence-corrected chi connectivity index (χ1v) is 17.0. The van der Waals surface area contributed by atoms with Crippen LogP contribution >= 0.6 is 9.24 Å². The Balaban J connectivity index is 0.000000687. The largest absolute Gasteiger partial charge is 0.507 e. The van der Waals surface area contributed by atoms with Crippen LogP contribution < -0.4 is 16.8 Å². The van der Waals surface area contributed by atoms with E-state index in [2.05, 4.69) is 37.9 Å². The summed E-state index contributed by atoms with van der Waals surface area (Å²) in [4.78, 5) is 2.48. The van der Waals surface area contributed by atoms with Gasteiger partial charge in [0.1, 0.15) is 5.75 Å². The topological polar surface area (TPSA) is 108 Å². The second kappa shape index (κ2) is 19.4. The summed E-state index contributed by atoms with van der Waals surface area (Å²) in [5, 5.41) is 22.6. The average Bonchev–Trinajstić information content (AvgIpc) is 2.95. The van der Waals surface area contributed by atoms with Crippen molar-refractivity contribution in [3.63, 3.8) is 0 Å². The number of nitrogens with one attached hydrogen (secondary N) is 1. The first-order valence-electron chi connectivity index (χ1n) is 16.4. The first kappa shape index (κ1) is 39.9. The monoisotopic (exact) mass is 638 g/mol. The number of nitrogens with zero attached hydrogens (tertiary/aromatic N) is 1. The molecule has 1 saturated carbocycles. The van der Waals surface area contributed by atoms with Gasteiger partial charge >= 0.3 is 0 Å². The smallest absolute Gasteiger partial charge is 0.284 e. The fraction of sp³-hybridized carbons (Fsp3) is 0.657. The third-order valence-corrected chi connectivity index (χ3v) is 9.07. The van der Waals surface area contributed by atoms with E-state index >= 15 is 0 Å². The van der Waals surface area contributed by atoms with Crippen LogP contribution in [0.1, 0.15) is 117 Å². The van der Waals surface area contributed by atoms with Gasteiger partial charge in [0.05, 0.1) is 5.82 Å². The Labute approximate surface area is 268 Å². The molecular formula is C35H61F2N4O2P. The molecule has 0 aromatic heterocycles. The Kier molecular flexibility index (Phi) is 17.6. The van der Waals surface area contributed by atoms with Crippen LogP contribution in [0.4, 0.5) is 8.78 Å². The van der Waals surface area contributed by atoms with Crippen molar-refractivity contribution in [1.82, 2.24) is 10.2 Å². The number of alkyl halides is 2. The molecule has 1 aromatic rings. The second-order valence-corrected chi connectivity index (χ2v) is 13.2. The van der Waals surface area contributed by atoms with Gasteiger partial charge in [-0.3, -0.25) is 4.90 Å². The van der Waals surface area contributed by atoms with Crippen LogP contribution in [0.3, 0.4) is 0 Å².